The Morgan fingerprint density at radius 2 is 0.938 bits per heavy atom. The molecule has 0 bridgehead atoms. The average Bonchev–Trinajstić information content (AvgIpc) is 4.09. The number of carbonyl (C=O) groups is 4. The maximum Gasteiger partial charge on any atom is 0.328 e. The third-order valence-corrected chi connectivity index (χ3v) is 18.5. The van der Waals surface area contributed by atoms with Crippen molar-refractivity contribution in [2.75, 3.05) is 49.3 Å². The smallest absolute Gasteiger partial charge is 0.328 e. The van der Waals surface area contributed by atoms with Crippen LogP contribution in [0.25, 0.3) is 0 Å². The molecule has 0 aromatic heterocycles. The summed E-state index contributed by atoms with van der Waals surface area (Å²) in [4.78, 5) is 49.7. The van der Waals surface area contributed by atoms with Crippen molar-refractivity contribution < 1.29 is 45.5 Å². The number of hydrogen-bond donors (Lipinski definition) is 4. The number of benzene rings is 4. The normalized spacial score (nSPS) is 15.0. The predicted molar refractivity (Wildman–Crippen MR) is 334 cm³/mol. The van der Waals surface area contributed by atoms with E-state index in [-0.39, 0.29) is 66.9 Å². The van der Waals surface area contributed by atoms with Crippen LogP contribution < -0.4 is 21.7 Å². The maximum atomic E-state index is 12.7. The molecule has 4 aromatic rings. The lowest BCUT2D eigenvalue weighted by molar-refractivity contribution is -0.143. The third kappa shape index (κ3) is 22.6. The van der Waals surface area contributed by atoms with Gasteiger partial charge < -0.3 is 31.2 Å². The van der Waals surface area contributed by atoms with Crippen LogP contribution in [0.2, 0.25) is 20.1 Å². The number of nitrogens with two attached hydrogens (primary N) is 1. The van der Waals surface area contributed by atoms with E-state index in [1.807, 2.05) is 36.4 Å². The maximum absolute atomic E-state index is 12.7. The highest BCUT2D eigenvalue weighted by Crippen LogP contribution is 2.45. The summed E-state index contributed by atoms with van der Waals surface area (Å²) >= 11 is 40.4. The van der Waals surface area contributed by atoms with Gasteiger partial charge in [0.2, 0.25) is 0 Å². The van der Waals surface area contributed by atoms with Gasteiger partial charge in [-0.25, -0.2) is 26.4 Å². The minimum atomic E-state index is -3.00. The molecule has 2 atom stereocenters. The summed E-state index contributed by atoms with van der Waals surface area (Å²) in [7, 11) is -3.23. The molecule has 5 N–H and O–H groups in total. The van der Waals surface area contributed by atoms with E-state index >= 15 is 0 Å². The first-order chi connectivity index (χ1) is 37.2. The van der Waals surface area contributed by atoms with Crippen molar-refractivity contribution in [3.63, 3.8) is 0 Å². The molecule has 0 aliphatic heterocycles. The van der Waals surface area contributed by atoms with E-state index in [2.05, 4.69) is 16.0 Å². The van der Waals surface area contributed by atoms with Gasteiger partial charge >= 0.3 is 11.9 Å². The fourth-order valence-corrected chi connectivity index (χ4v) is 13.5. The quantitative estimate of drug-likeness (QED) is 0.0179. The second kappa shape index (κ2) is 33.3. The number of sulfone groups is 2. The molecule has 0 unspecified atom stereocenters. The molecule has 80 heavy (non-hydrogen) atoms. The van der Waals surface area contributed by atoms with E-state index in [9.17, 15) is 36.0 Å². The lowest BCUT2D eigenvalue weighted by atomic mass is 9.80. The average molecular weight is 1280 g/mol. The topological polar surface area (TPSA) is 217 Å². The Bertz CT molecular complexity index is 2940. The molecule has 23 heteroatoms. The number of amides is 1. The predicted octanol–water partition coefficient (Wildman–Crippen LogP) is 13.1. The van der Waals surface area contributed by atoms with E-state index in [4.69, 9.17) is 97.6 Å². The Kier molecular flexibility index (Phi) is 29.2. The van der Waals surface area contributed by atoms with Crippen LogP contribution in [-0.2, 0) is 51.6 Å². The summed E-state index contributed by atoms with van der Waals surface area (Å²) in [5, 5.41) is 9.77. The van der Waals surface area contributed by atoms with Gasteiger partial charge in [0.15, 0.2) is 0 Å². The Balaban J connectivity index is 0.000000358. The highest BCUT2D eigenvalue weighted by molar-refractivity contribution is 7.90. The van der Waals surface area contributed by atoms with Gasteiger partial charge in [0.25, 0.3) is 11.1 Å². The first kappa shape index (κ1) is 70.2. The Hall–Kier alpha value is -4.11. The first-order valence-corrected chi connectivity index (χ1v) is 32.5. The number of anilines is 2. The fourth-order valence-electron chi connectivity index (χ4n) is 9.68. The zero-order valence-electron chi connectivity index (χ0n) is 44.6. The van der Waals surface area contributed by atoms with E-state index in [1.165, 1.54) is 26.7 Å². The number of thiocarbonyl (C=S) groups is 2. The van der Waals surface area contributed by atoms with Crippen molar-refractivity contribution in [1.29, 1.82) is 0 Å². The van der Waals surface area contributed by atoms with Crippen molar-refractivity contribution in [3.05, 3.63) is 127 Å². The molecule has 2 saturated carbocycles. The molecule has 14 nitrogen and oxygen atoms in total. The molecule has 4 aromatic carbocycles. The van der Waals surface area contributed by atoms with Crippen LogP contribution in [0, 0.1) is 10.8 Å². The largest absolute Gasteiger partial charge is 0.467 e. The van der Waals surface area contributed by atoms with Crippen LogP contribution in [0.5, 0.6) is 0 Å². The highest BCUT2D eigenvalue weighted by atomic mass is 35.5. The van der Waals surface area contributed by atoms with E-state index in [0.717, 1.165) is 88.2 Å². The molecule has 6 rings (SSSR count). The second-order valence-corrected chi connectivity index (χ2v) is 27.3. The zero-order valence-corrected chi connectivity index (χ0v) is 51.7. The van der Waals surface area contributed by atoms with Crippen molar-refractivity contribution in [1.82, 2.24) is 10.6 Å². The lowest BCUT2D eigenvalue weighted by Crippen LogP contribution is -2.48. The fraction of sp³-hybridized carbons (Fsp3) is 0.474. The van der Waals surface area contributed by atoms with Crippen LogP contribution in [-0.4, -0.2) is 100 Å². The number of esters is 2. The van der Waals surface area contributed by atoms with Gasteiger partial charge in [0, 0.05) is 59.1 Å². The summed E-state index contributed by atoms with van der Waals surface area (Å²) in [6.07, 6.45) is 15.7. The number of nitrogen functional groups attached to an aromatic ring is 1. The van der Waals surface area contributed by atoms with Crippen LogP contribution in [0.15, 0.2) is 84.9 Å². The number of carbonyl (C=O) groups excluding carboxylic acids is 4. The molecule has 2 aliphatic carbocycles. The molecule has 2 aliphatic rings. The summed E-state index contributed by atoms with van der Waals surface area (Å²) in [5.41, 5.74) is 8.74. The van der Waals surface area contributed by atoms with Crippen LogP contribution >= 0.6 is 82.4 Å². The molecule has 1 amide bonds. The Labute approximate surface area is 508 Å². The molecule has 0 spiro atoms. The van der Waals surface area contributed by atoms with Crippen LogP contribution in [0.4, 0.5) is 11.4 Å². The number of ether oxygens (including phenoxy) is 2. The second-order valence-electron chi connectivity index (χ2n) is 20.0. The zero-order chi connectivity index (χ0) is 58.6. The molecular weight excluding hydrogens is 1210 g/mol. The standard InChI is InChI=1S/C28H34Cl2N2O5S2.C21H32N2O4S2.C7H3Cl3O.CH4/c1-37-26(34)23(32-27(38)28(14-3-4-15-28)16-5-6-17-39(2,35)36)18-19-10-12-20(13-11-19)31-25(33)24-21(29)8-7-9-22(24)30;1-27-19(24)18(15-16-7-9-17(22)10-8-16)23-20(28)21(11-3-4-12-21)13-5-6-14-29(2,25)26;8-4-2-1-3-5(9)6(4)7(10)11;/h7-13,23H,3-6,14-18H2,1-2H3,(H,31,33)(H,32,38);7-10,18H,3-6,11-15,22H2,1-2H3,(H,23,28);1-3H;1H4/t23-;18-;;/m00../s1. The molecule has 0 radical (unpaired) electrons. The number of unbranched alkanes of at least 4 members (excludes halogenated alkanes) is 2. The number of rotatable bonds is 23. The Morgan fingerprint density at radius 1 is 0.588 bits per heavy atom. The Morgan fingerprint density at radius 3 is 1.26 bits per heavy atom. The molecule has 2 fully saturated rings. The molecule has 440 valence electrons. The van der Waals surface area contributed by atoms with E-state index in [1.54, 1.807) is 48.5 Å². The summed E-state index contributed by atoms with van der Waals surface area (Å²) in [5.74, 6) is -0.833. The molecular formula is C57H73Cl5N4O10S4. The van der Waals surface area contributed by atoms with Gasteiger partial charge in [-0.15, -0.1) is 0 Å². The number of methoxy groups -OCH3 is 2. The van der Waals surface area contributed by atoms with E-state index in [0.29, 0.717) is 47.0 Å². The van der Waals surface area contributed by atoms with Crippen LogP contribution in [0.3, 0.4) is 0 Å². The lowest BCUT2D eigenvalue weighted by Gasteiger charge is -2.33. The summed E-state index contributed by atoms with van der Waals surface area (Å²) in [6.45, 7) is 0. The van der Waals surface area contributed by atoms with E-state index < -0.39 is 48.9 Å². The molecule has 0 saturated heterocycles. The van der Waals surface area contributed by atoms with Crippen molar-refractivity contribution >= 4 is 147 Å². The van der Waals surface area contributed by atoms with Gasteiger partial charge in [-0.1, -0.05) is 153 Å². The van der Waals surface area contributed by atoms with Crippen molar-refractivity contribution in [2.45, 2.75) is 122 Å². The van der Waals surface area contributed by atoms with Gasteiger partial charge in [-0.2, -0.15) is 0 Å². The third-order valence-electron chi connectivity index (χ3n) is 13.9. The van der Waals surface area contributed by atoms with Gasteiger partial charge in [0.05, 0.1) is 55.4 Å². The van der Waals surface area contributed by atoms with Gasteiger partial charge in [0.1, 0.15) is 31.8 Å². The monoisotopic (exact) mass is 1280 g/mol. The van der Waals surface area contributed by atoms with Gasteiger partial charge in [-0.05, 0) is 123 Å². The van der Waals surface area contributed by atoms with Crippen molar-refractivity contribution in [2.24, 2.45) is 10.8 Å². The minimum Gasteiger partial charge on any atom is -0.467 e. The minimum absolute atomic E-state index is 0. The number of nitrogens with one attached hydrogen (secondary N) is 3. The van der Waals surface area contributed by atoms with Crippen molar-refractivity contribution in [3.8, 4) is 0 Å². The molecule has 0 heterocycles. The highest BCUT2D eigenvalue weighted by Gasteiger charge is 2.40. The van der Waals surface area contributed by atoms with Gasteiger partial charge in [-0.3, -0.25) is 9.59 Å². The summed E-state index contributed by atoms with van der Waals surface area (Å²) < 4.78 is 55.9. The summed E-state index contributed by atoms with van der Waals surface area (Å²) in [6, 6.07) is 22.9. The SMILES string of the molecule is C.COC(=O)[C@H](Cc1ccc(N)cc1)NC(=S)C1(CCCCS(C)(=O)=O)CCCC1.COC(=O)[C@H](Cc1ccc(NC(=O)c2c(Cl)cccc2Cl)cc1)NC(=S)C1(CCCCS(C)(=O)=O)CCCC1.O=C(Cl)c1c(Cl)cccc1Cl. The number of hydrogen-bond acceptors (Lipinski definition) is 13. The first-order valence-electron chi connectivity index (χ1n) is 25.7. The van der Waals surface area contributed by atoms with Crippen LogP contribution in [0.1, 0.15) is 129 Å². The number of halogens is 5.